The van der Waals surface area contributed by atoms with E-state index in [0.717, 1.165) is 46.7 Å². The van der Waals surface area contributed by atoms with E-state index in [9.17, 15) is 9.00 Å². The molecule has 11 nitrogen and oxygen atoms in total. The number of likely N-dealkylation sites (tertiary alicyclic amines) is 1. The molecule has 0 aromatic heterocycles. The molecule has 5 rings (SSSR count). The first-order chi connectivity index (χ1) is 19.6. The maximum absolute atomic E-state index is 12.6. The van der Waals surface area contributed by atoms with Crippen LogP contribution in [0.2, 0.25) is 0 Å². The lowest BCUT2D eigenvalue weighted by atomic mass is 9.83. The van der Waals surface area contributed by atoms with Crippen LogP contribution in [0, 0.1) is 0 Å². The molecular weight excluding hydrogens is 544 g/mol. The number of fused-ring (bicyclic) bond motifs is 1. The molecule has 1 unspecified atom stereocenters. The minimum atomic E-state index is -1.98. The maximum atomic E-state index is 12.6. The first-order valence-corrected chi connectivity index (χ1v) is 15.0. The zero-order valence-electron chi connectivity index (χ0n) is 23.7. The molecule has 2 aromatic rings. The van der Waals surface area contributed by atoms with Crippen molar-refractivity contribution in [3.8, 4) is 5.75 Å². The van der Waals surface area contributed by atoms with Gasteiger partial charge in [0.25, 0.3) is 0 Å². The molecular formula is C29H38N6O5S. The van der Waals surface area contributed by atoms with Gasteiger partial charge in [-0.2, -0.15) is 0 Å². The molecule has 1 atom stereocenters. The van der Waals surface area contributed by atoms with Crippen molar-refractivity contribution >= 4 is 28.8 Å². The van der Waals surface area contributed by atoms with E-state index < -0.39 is 22.5 Å². The first-order valence-electron chi connectivity index (χ1n) is 13.9. The molecule has 1 fully saturated rings. The quantitative estimate of drug-likeness (QED) is 0.274. The number of amides is 1. The summed E-state index contributed by atoms with van der Waals surface area (Å²) in [7, 11) is 0. The van der Waals surface area contributed by atoms with Gasteiger partial charge in [-0.3, -0.25) is 9.98 Å². The van der Waals surface area contributed by atoms with E-state index in [1.807, 2.05) is 51.1 Å². The molecule has 0 radical (unpaired) electrons. The van der Waals surface area contributed by atoms with Gasteiger partial charge in [0, 0.05) is 50.1 Å². The zero-order valence-corrected chi connectivity index (χ0v) is 24.5. The lowest BCUT2D eigenvalue weighted by Crippen LogP contribution is -2.50. The number of ether oxygens (including phenoxy) is 2. The molecule has 0 bridgehead atoms. The number of rotatable bonds is 8. The summed E-state index contributed by atoms with van der Waals surface area (Å²) in [5.74, 6) is 1.57. The fourth-order valence-corrected chi connectivity index (χ4v) is 5.45. The highest BCUT2D eigenvalue weighted by Crippen LogP contribution is 2.43. The van der Waals surface area contributed by atoms with Gasteiger partial charge in [-0.25, -0.2) is 19.3 Å². The highest BCUT2D eigenvalue weighted by Gasteiger charge is 2.40. The van der Waals surface area contributed by atoms with E-state index in [2.05, 4.69) is 45.1 Å². The molecule has 1 spiro atoms. The summed E-state index contributed by atoms with van der Waals surface area (Å²) >= 11 is -1.98. The van der Waals surface area contributed by atoms with Crippen molar-refractivity contribution in [2.75, 3.05) is 26.2 Å². The summed E-state index contributed by atoms with van der Waals surface area (Å²) in [6.45, 7) is 7.92. The Balaban J connectivity index is 1.26. The molecule has 4 N–H and O–H groups in total. The van der Waals surface area contributed by atoms with Crippen molar-refractivity contribution in [2.24, 2.45) is 5.10 Å². The van der Waals surface area contributed by atoms with E-state index in [1.54, 1.807) is 10.0 Å². The average molecular weight is 583 g/mol. The number of para-hydroxylation sites is 1. The largest absolute Gasteiger partial charge is 0.482 e. The predicted octanol–water partition coefficient (Wildman–Crippen LogP) is 3.77. The van der Waals surface area contributed by atoms with Crippen molar-refractivity contribution in [1.82, 2.24) is 25.7 Å². The standard InChI is InChI=1S/C29H38N6O5S/c1-28(2,3)40-27(36)34-18-14-29(15-19-34)20-24(23-8-4-5-9-25(23)39-29)21-10-12-22(13-11-21)26-31-33-35(32-26)17-7-6-16-30-41(37)38/h4-5,8-13,20,30,33H,6-7,14-19H2,1-3H3,(H,31,32)(H,37,38). The Kier molecular flexibility index (Phi) is 8.64. The van der Waals surface area contributed by atoms with Gasteiger partial charge < -0.3 is 14.4 Å². The second-order valence-electron chi connectivity index (χ2n) is 11.4. The highest BCUT2D eigenvalue weighted by molar-refractivity contribution is 7.77. The Morgan fingerprint density at radius 3 is 2.54 bits per heavy atom. The number of amidine groups is 1. The molecule has 12 heteroatoms. The number of carbonyl (C=O) groups is 1. The summed E-state index contributed by atoms with van der Waals surface area (Å²) in [6.07, 6.45) is 4.88. The van der Waals surface area contributed by atoms with E-state index >= 15 is 0 Å². The van der Waals surface area contributed by atoms with Crippen LogP contribution in [0.4, 0.5) is 4.79 Å². The van der Waals surface area contributed by atoms with Crippen molar-refractivity contribution in [3.63, 3.8) is 0 Å². The number of nitrogens with zero attached hydrogens (tertiary/aromatic N) is 3. The molecule has 1 amide bonds. The van der Waals surface area contributed by atoms with Gasteiger partial charge in [-0.1, -0.05) is 42.5 Å². The second-order valence-corrected chi connectivity index (χ2v) is 12.2. The number of piperidine rings is 1. The maximum Gasteiger partial charge on any atom is 0.410 e. The lowest BCUT2D eigenvalue weighted by molar-refractivity contribution is -0.00116. The number of hydrogen-bond donors (Lipinski definition) is 4. The third-order valence-electron chi connectivity index (χ3n) is 7.19. The number of nitrogens with one attached hydrogen (secondary N) is 3. The van der Waals surface area contributed by atoms with Crippen LogP contribution in [-0.4, -0.2) is 68.1 Å². The Morgan fingerprint density at radius 2 is 1.83 bits per heavy atom. The minimum absolute atomic E-state index is 0.281. The third kappa shape index (κ3) is 7.25. The average Bonchev–Trinajstić information content (AvgIpc) is 3.41. The van der Waals surface area contributed by atoms with Crippen LogP contribution in [0.25, 0.3) is 5.57 Å². The fourth-order valence-electron chi connectivity index (χ4n) is 5.13. The van der Waals surface area contributed by atoms with Crippen LogP contribution < -0.4 is 20.4 Å². The summed E-state index contributed by atoms with van der Waals surface area (Å²) in [6, 6.07) is 16.4. The normalized spacial score (nSPS) is 18.9. The van der Waals surface area contributed by atoms with Crippen molar-refractivity contribution < 1.29 is 23.0 Å². The Labute approximate surface area is 243 Å². The van der Waals surface area contributed by atoms with Crippen molar-refractivity contribution in [1.29, 1.82) is 0 Å². The highest BCUT2D eigenvalue weighted by atomic mass is 32.2. The van der Waals surface area contributed by atoms with Gasteiger partial charge in [0.05, 0.1) is 0 Å². The lowest BCUT2D eigenvalue weighted by Gasteiger charge is -2.43. The molecule has 41 heavy (non-hydrogen) atoms. The number of unbranched alkanes of at least 4 members (excludes halogenated alkanes) is 1. The van der Waals surface area contributed by atoms with E-state index in [0.29, 0.717) is 39.0 Å². The van der Waals surface area contributed by atoms with Crippen molar-refractivity contribution in [3.05, 3.63) is 71.3 Å². The molecule has 2 aromatic carbocycles. The summed E-state index contributed by atoms with van der Waals surface area (Å²) in [5, 5.41) is 6.20. The van der Waals surface area contributed by atoms with Crippen LogP contribution in [-0.2, 0) is 16.0 Å². The first kappa shape index (κ1) is 29.1. The molecule has 3 aliphatic rings. The van der Waals surface area contributed by atoms with E-state index in [-0.39, 0.29) is 6.09 Å². The molecule has 0 aliphatic carbocycles. The van der Waals surface area contributed by atoms with Gasteiger partial charge in [-0.15, -0.1) is 10.2 Å². The van der Waals surface area contributed by atoms with Gasteiger partial charge in [0.1, 0.15) is 17.0 Å². The Bertz CT molecular complexity index is 1330. The van der Waals surface area contributed by atoms with Gasteiger partial charge in [0.15, 0.2) is 5.84 Å². The third-order valence-corrected chi connectivity index (χ3v) is 7.64. The molecule has 0 saturated carbocycles. The number of hydrogen-bond acceptors (Lipinski definition) is 8. The molecule has 220 valence electrons. The zero-order chi connectivity index (χ0) is 29.0. The topological polar surface area (TPSA) is 128 Å². The number of carbonyl (C=O) groups excluding carboxylic acids is 1. The van der Waals surface area contributed by atoms with E-state index in [1.165, 1.54) is 0 Å². The fraction of sp³-hybridized carbons (Fsp3) is 0.448. The van der Waals surface area contributed by atoms with Gasteiger partial charge in [-0.05, 0) is 56.9 Å². The van der Waals surface area contributed by atoms with Crippen LogP contribution in [0.3, 0.4) is 0 Å². The monoisotopic (exact) mass is 582 g/mol. The number of hydrazine groups is 2. The predicted molar refractivity (Wildman–Crippen MR) is 158 cm³/mol. The summed E-state index contributed by atoms with van der Waals surface area (Å²) in [4.78, 5) is 14.4. The Morgan fingerprint density at radius 1 is 1.12 bits per heavy atom. The summed E-state index contributed by atoms with van der Waals surface area (Å²) < 4.78 is 34.1. The van der Waals surface area contributed by atoms with Crippen LogP contribution in [0.5, 0.6) is 5.75 Å². The van der Waals surface area contributed by atoms with Gasteiger partial charge >= 0.3 is 6.09 Å². The smallest absolute Gasteiger partial charge is 0.410 e. The molecule has 3 heterocycles. The van der Waals surface area contributed by atoms with Crippen LogP contribution in [0.15, 0.2) is 59.7 Å². The SMILES string of the molecule is CC(C)(C)OC(=O)N1CCC2(C=C(c3ccc(C4=NNN(CCCCNS(=O)O)N4)cc3)c3ccccc3O2)CC1. The van der Waals surface area contributed by atoms with Crippen molar-refractivity contribution in [2.45, 2.75) is 57.7 Å². The van der Waals surface area contributed by atoms with Crippen LogP contribution >= 0.6 is 0 Å². The second kappa shape index (κ2) is 12.2. The Hall–Kier alpha value is -3.45. The molecule has 1 saturated heterocycles. The molecule has 3 aliphatic heterocycles. The number of hydrazone groups is 1. The van der Waals surface area contributed by atoms with E-state index in [4.69, 9.17) is 14.0 Å². The van der Waals surface area contributed by atoms with Crippen LogP contribution in [0.1, 0.15) is 63.1 Å². The summed E-state index contributed by atoms with van der Waals surface area (Å²) in [5.41, 5.74) is 9.40. The van der Waals surface area contributed by atoms with Gasteiger partial charge in [0.2, 0.25) is 11.3 Å². The minimum Gasteiger partial charge on any atom is -0.482 e. The number of benzene rings is 2.